The molecule has 0 saturated heterocycles. The number of nitrogens with two attached hydrogens (primary N) is 1. The highest BCUT2D eigenvalue weighted by molar-refractivity contribution is 5.15. The van der Waals surface area contributed by atoms with Crippen LogP contribution in [0.15, 0.2) is 30.3 Å². The maximum absolute atomic E-state index is 8.90. The molecule has 1 aromatic carbocycles. The van der Waals surface area contributed by atoms with E-state index < -0.39 is 0 Å². The van der Waals surface area contributed by atoms with E-state index in [4.69, 9.17) is 10.8 Å². The van der Waals surface area contributed by atoms with Crippen LogP contribution < -0.4 is 5.73 Å². The van der Waals surface area contributed by atoms with Crippen molar-refractivity contribution in [3.8, 4) is 0 Å². The highest BCUT2D eigenvalue weighted by Gasteiger charge is 2.11. The summed E-state index contributed by atoms with van der Waals surface area (Å²) in [6, 6.07) is 10.2. The second-order valence-electron chi connectivity index (χ2n) is 3.51. The van der Waals surface area contributed by atoms with Crippen molar-refractivity contribution in [2.75, 3.05) is 6.61 Å². The predicted molar refractivity (Wildman–Crippen MR) is 54.4 cm³/mol. The summed E-state index contributed by atoms with van der Waals surface area (Å²) in [6.45, 7) is 2.13. The van der Waals surface area contributed by atoms with Crippen LogP contribution in [0.4, 0.5) is 0 Å². The third-order valence-electron chi connectivity index (χ3n) is 2.33. The molecular formula is C11H17NO. The Morgan fingerprint density at radius 3 is 2.46 bits per heavy atom. The molecule has 0 fully saturated rings. The van der Waals surface area contributed by atoms with Crippen LogP contribution in [-0.4, -0.2) is 17.8 Å². The molecular weight excluding hydrogens is 162 g/mol. The van der Waals surface area contributed by atoms with Crippen molar-refractivity contribution in [1.29, 1.82) is 0 Å². The molecule has 0 radical (unpaired) electrons. The summed E-state index contributed by atoms with van der Waals surface area (Å²) in [4.78, 5) is 0. The summed E-state index contributed by atoms with van der Waals surface area (Å²) < 4.78 is 0. The van der Waals surface area contributed by atoms with Crippen LogP contribution in [0.5, 0.6) is 0 Å². The van der Waals surface area contributed by atoms with Crippen LogP contribution in [0.1, 0.15) is 12.5 Å². The normalized spacial score (nSPS) is 15.3. The molecule has 0 amide bonds. The highest BCUT2D eigenvalue weighted by atomic mass is 16.3. The molecule has 2 nitrogen and oxygen atoms in total. The minimum atomic E-state index is 0.0485. The number of rotatable bonds is 4. The molecule has 3 N–H and O–H groups in total. The lowest BCUT2D eigenvalue weighted by Gasteiger charge is -2.17. The topological polar surface area (TPSA) is 46.2 Å². The molecule has 0 saturated carbocycles. The quantitative estimate of drug-likeness (QED) is 0.729. The molecule has 0 spiro atoms. The average Bonchev–Trinajstić information content (AvgIpc) is 2.18. The Kier molecular flexibility index (Phi) is 3.93. The number of benzene rings is 1. The van der Waals surface area contributed by atoms with Gasteiger partial charge in [0, 0.05) is 12.6 Å². The van der Waals surface area contributed by atoms with Crippen molar-refractivity contribution in [2.45, 2.75) is 19.4 Å². The molecule has 0 aliphatic heterocycles. The Morgan fingerprint density at radius 1 is 1.31 bits per heavy atom. The van der Waals surface area contributed by atoms with Gasteiger partial charge in [0.25, 0.3) is 0 Å². The van der Waals surface area contributed by atoms with Crippen molar-refractivity contribution < 1.29 is 5.11 Å². The molecule has 1 unspecified atom stereocenters. The van der Waals surface area contributed by atoms with Crippen LogP contribution in [0.25, 0.3) is 0 Å². The van der Waals surface area contributed by atoms with Crippen molar-refractivity contribution in [1.82, 2.24) is 0 Å². The molecule has 1 aromatic rings. The van der Waals surface area contributed by atoms with Gasteiger partial charge >= 0.3 is 0 Å². The van der Waals surface area contributed by atoms with Gasteiger partial charge in [-0.2, -0.15) is 0 Å². The van der Waals surface area contributed by atoms with Gasteiger partial charge < -0.3 is 10.8 Å². The van der Waals surface area contributed by atoms with E-state index in [1.807, 2.05) is 25.1 Å². The molecule has 0 aliphatic carbocycles. The molecule has 2 atom stereocenters. The van der Waals surface area contributed by atoms with Crippen LogP contribution in [0.2, 0.25) is 0 Å². The predicted octanol–water partition coefficient (Wildman–Crippen LogP) is 1.18. The van der Waals surface area contributed by atoms with E-state index in [0.717, 1.165) is 6.42 Å². The van der Waals surface area contributed by atoms with Gasteiger partial charge in [-0.1, -0.05) is 37.3 Å². The molecule has 0 aliphatic rings. The SMILES string of the molecule is C[C@H](CO)C(N)Cc1ccccc1. The summed E-state index contributed by atoms with van der Waals surface area (Å²) in [5, 5.41) is 8.90. The maximum Gasteiger partial charge on any atom is 0.0471 e. The van der Waals surface area contributed by atoms with E-state index in [0.29, 0.717) is 0 Å². The lowest BCUT2D eigenvalue weighted by molar-refractivity contribution is 0.216. The third-order valence-corrected chi connectivity index (χ3v) is 2.33. The van der Waals surface area contributed by atoms with Gasteiger partial charge in [-0.3, -0.25) is 0 Å². The zero-order chi connectivity index (χ0) is 9.68. The zero-order valence-corrected chi connectivity index (χ0v) is 7.98. The van der Waals surface area contributed by atoms with E-state index in [-0.39, 0.29) is 18.6 Å². The second-order valence-corrected chi connectivity index (χ2v) is 3.51. The Bertz CT molecular complexity index is 235. The Labute approximate surface area is 79.4 Å². The van der Waals surface area contributed by atoms with E-state index >= 15 is 0 Å². The van der Waals surface area contributed by atoms with Crippen molar-refractivity contribution in [2.24, 2.45) is 11.7 Å². The molecule has 1 rings (SSSR count). The van der Waals surface area contributed by atoms with Crippen LogP contribution in [0.3, 0.4) is 0 Å². The standard InChI is InChI=1S/C11H17NO/c1-9(8-13)11(12)7-10-5-3-2-4-6-10/h2-6,9,11,13H,7-8,12H2,1H3/t9-,11?/m1/s1. The summed E-state index contributed by atoms with van der Waals surface area (Å²) in [5.74, 6) is 0.167. The molecule has 0 heterocycles. The van der Waals surface area contributed by atoms with Crippen molar-refractivity contribution >= 4 is 0 Å². The fourth-order valence-electron chi connectivity index (χ4n) is 1.22. The molecule has 2 heteroatoms. The first-order valence-corrected chi connectivity index (χ1v) is 4.64. The molecule has 0 bridgehead atoms. The van der Waals surface area contributed by atoms with Crippen molar-refractivity contribution in [3.05, 3.63) is 35.9 Å². The first-order chi connectivity index (χ1) is 6.24. The maximum atomic E-state index is 8.90. The van der Waals surface area contributed by atoms with Gasteiger partial charge in [0.05, 0.1) is 0 Å². The Hall–Kier alpha value is -0.860. The van der Waals surface area contributed by atoms with E-state index in [2.05, 4.69) is 12.1 Å². The van der Waals surface area contributed by atoms with Gasteiger partial charge in [-0.05, 0) is 17.9 Å². The molecule has 13 heavy (non-hydrogen) atoms. The summed E-state index contributed by atoms with van der Waals surface area (Å²) in [5.41, 5.74) is 7.13. The fourth-order valence-corrected chi connectivity index (χ4v) is 1.22. The minimum Gasteiger partial charge on any atom is -0.396 e. The number of aliphatic hydroxyl groups excluding tert-OH is 1. The minimum absolute atomic E-state index is 0.0485. The van der Waals surface area contributed by atoms with Gasteiger partial charge in [-0.25, -0.2) is 0 Å². The number of hydrogen-bond donors (Lipinski definition) is 2. The number of hydrogen-bond acceptors (Lipinski definition) is 2. The summed E-state index contributed by atoms with van der Waals surface area (Å²) in [7, 11) is 0. The monoisotopic (exact) mass is 179 g/mol. The molecule has 0 aromatic heterocycles. The van der Waals surface area contributed by atoms with Gasteiger partial charge in [-0.15, -0.1) is 0 Å². The van der Waals surface area contributed by atoms with E-state index in [1.165, 1.54) is 5.56 Å². The number of aliphatic hydroxyl groups is 1. The average molecular weight is 179 g/mol. The fraction of sp³-hybridized carbons (Fsp3) is 0.455. The summed E-state index contributed by atoms with van der Waals surface area (Å²) >= 11 is 0. The van der Waals surface area contributed by atoms with Crippen LogP contribution in [0, 0.1) is 5.92 Å². The Morgan fingerprint density at radius 2 is 1.92 bits per heavy atom. The smallest absolute Gasteiger partial charge is 0.0471 e. The molecule has 72 valence electrons. The zero-order valence-electron chi connectivity index (χ0n) is 7.98. The van der Waals surface area contributed by atoms with Crippen LogP contribution in [-0.2, 0) is 6.42 Å². The van der Waals surface area contributed by atoms with Crippen molar-refractivity contribution in [3.63, 3.8) is 0 Å². The van der Waals surface area contributed by atoms with Gasteiger partial charge in [0.2, 0.25) is 0 Å². The van der Waals surface area contributed by atoms with E-state index in [1.54, 1.807) is 0 Å². The van der Waals surface area contributed by atoms with Crippen LogP contribution >= 0.6 is 0 Å². The Balaban J connectivity index is 2.50. The largest absolute Gasteiger partial charge is 0.396 e. The van der Waals surface area contributed by atoms with E-state index in [9.17, 15) is 0 Å². The third kappa shape index (κ3) is 3.17. The van der Waals surface area contributed by atoms with Gasteiger partial charge in [0.15, 0.2) is 0 Å². The van der Waals surface area contributed by atoms with Gasteiger partial charge in [0.1, 0.15) is 0 Å². The second kappa shape index (κ2) is 5.00. The first-order valence-electron chi connectivity index (χ1n) is 4.64. The highest BCUT2D eigenvalue weighted by Crippen LogP contribution is 2.07. The summed E-state index contributed by atoms with van der Waals surface area (Å²) in [6.07, 6.45) is 0.836. The first kappa shape index (κ1) is 10.2. The lowest BCUT2D eigenvalue weighted by Crippen LogP contribution is -2.32. The lowest BCUT2D eigenvalue weighted by atomic mass is 9.97.